The van der Waals surface area contributed by atoms with Crippen molar-refractivity contribution in [3.05, 3.63) is 29.8 Å². The van der Waals surface area contributed by atoms with Crippen molar-refractivity contribution in [3.63, 3.8) is 0 Å². The van der Waals surface area contributed by atoms with E-state index in [1.54, 1.807) is 0 Å². The molecule has 3 atom stereocenters. The van der Waals surface area contributed by atoms with Crippen LogP contribution < -0.4 is 10.1 Å². The van der Waals surface area contributed by atoms with Gasteiger partial charge in [-0.3, -0.25) is 0 Å². The van der Waals surface area contributed by atoms with E-state index in [0.717, 1.165) is 17.4 Å². The summed E-state index contributed by atoms with van der Waals surface area (Å²) in [5.41, 5.74) is 0.843. The quantitative estimate of drug-likeness (QED) is 0.845. The van der Waals surface area contributed by atoms with Crippen molar-refractivity contribution in [3.8, 4) is 5.75 Å². The lowest BCUT2D eigenvalue weighted by Gasteiger charge is -2.56. The number of nitrogens with one attached hydrogen (secondary N) is 1. The summed E-state index contributed by atoms with van der Waals surface area (Å²) in [6.07, 6.45) is 0. The summed E-state index contributed by atoms with van der Waals surface area (Å²) >= 11 is 5.59. The summed E-state index contributed by atoms with van der Waals surface area (Å²) in [6, 6.07) is 8.50. The Labute approximate surface area is 126 Å². The first-order chi connectivity index (χ1) is 9.43. The molecule has 0 aromatic heterocycles. The van der Waals surface area contributed by atoms with Gasteiger partial charge in [-0.25, -0.2) is 0 Å². The highest BCUT2D eigenvalue weighted by molar-refractivity contribution is 7.80. The topological polar surface area (TPSA) is 24.5 Å². The van der Waals surface area contributed by atoms with Gasteiger partial charge in [0, 0.05) is 18.0 Å². The minimum absolute atomic E-state index is 0.237. The van der Waals surface area contributed by atoms with E-state index in [-0.39, 0.29) is 11.8 Å². The minimum atomic E-state index is -0.369. The molecule has 0 aliphatic carbocycles. The largest absolute Gasteiger partial charge is 0.467 e. The Morgan fingerprint density at radius 2 is 2.10 bits per heavy atom. The number of benzene rings is 1. The van der Waals surface area contributed by atoms with Crippen LogP contribution in [0.5, 0.6) is 5.75 Å². The van der Waals surface area contributed by atoms with Gasteiger partial charge in [-0.05, 0) is 31.1 Å². The van der Waals surface area contributed by atoms with Crippen LogP contribution in [0.3, 0.4) is 0 Å². The smallest absolute Gasteiger partial charge is 0.186 e. The van der Waals surface area contributed by atoms with Crippen LogP contribution in [-0.2, 0) is 0 Å². The molecule has 1 aromatic rings. The molecule has 108 valence electrons. The van der Waals surface area contributed by atoms with Crippen molar-refractivity contribution in [1.82, 2.24) is 10.2 Å². The first kappa shape index (κ1) is 13.7. The van der Waals surface area contributed by atoms with E-state index in [1.807, 2.05) is 6.07 Å². The predicted molar refractivity (Wildman–Crippen MR) is 84.7 cm³/mol. The van der Waals surface area contributed by atoms with E-state index in [1.165, 1.54) is 5.56 Å². The molecule has 2 aliphatic heterocycles. The molecule has 0 saturated carbocycles. The molecule has 1 saturated heterocycles. The van der Waals surface area contributed by atoms with Gasteiger partial charge in [0.05, 0.1) is 6.04 Å². The van der Waals surface area contributed by atoms with Crippen LogP contribution in [0.2, 0.25) is 0 Å². The number of hydrogen-bond acceptors (Lipinski definition) is 2. The molecule has 1 fully saturated rings. The van der Waals surface area contributed by atoms with Crippen molar-refractivity contribution in [2.45, 2.75) is 39.5 Å². The molecule has 2 aliphatic rings. The van der Waals surface area contributed by atoms with Crippen LogP contribution >= 0.6 is 12.2 Å². The zero-order chi connectivity index (χ0) is 14.5. The minimum Gasteiger partial charge on any atom is -0.467 e. The van der Waals surface area contributed by atoms with Crippen LogP contribution in [0.15, 0.2) is 24.3 Å². The second-order valence-corrected chi connectivity index (χ2v) is 6.80. The Hall–Kier alpha value is -1.29. The fourth-order valence-corrected chi connectivity index (χ4v) is 3.65. The molecule has 3 rings (SSSR count). The average molecular weight is 290 g/mol. The summed E-state index contributed by atoms with van der Waals surface area (Å²) in [5, 5.41) is 4.32. The molecule has 0 amide bonds. The van der Waals surface area contributed by atoms with Crippen molar-refractivity contribution in [1.29, 1.82) is 0 Å². The van der Waals surface area contributed by atoms with Gasteiger partial charge in [0.15, 0.2) is 10.8 Å². The molecule has 3 nitrogen and oxygen atoms in total. The standard InChI is InChI=1S/C16H22N2OS/c1-10(2)9-18-15(20)17-14-11(3)16(18,4)19-13-8-6-5-7-12(13)14/h5-8,10-11,14H,9H2,1-4H3,(H,17,20). The van der Waals surface area contributed by atoms with Gasteiger partial charge in [-0.2, -0.15) is 0 Å². The predicted octanol–water partition coefficient (Wildman–Crippen LogP) is 3.32. The number of hydrogen-bond donors (Lipinski definition) is 1. The summed E-state index contributed by atoms with van der Waals surface area (Å²) in [5.74, 6) is 1.85. The number of nitrogens with zero attached hydrogens (tertiary/aromatic N) is 1. The van der Waals surface area contributed by atoms with E-state index in [2.05, 4.69) is 56.1 Å². The van der Waals surface area contributed by atoms with Gasteiger partial charge < -0.3 is 15.0 Å². The van der Waals surface area contributed by atoms with E-state index in [0.29, 0.717) is 11.8 Å². The summed E-state index contributed by atoms with van der Waals surface area (Å²) in [6.45, 7) is 9.72. The molecule has 2 heterocycles. The van der Waals surface area contributed by atoms with Crippen LogP contribution in [0, 0.1) is 11.8 Å². The van der Waals surface area contributed by atoms with Gasteiger partial charge >= 0.3 is 0 Å². The Kier molecular flexibility index (Phi) is 3.16. The van der Waals surface area contributed by atoms with Crippen molar-refractivity contribution < 1.29 is 4.74 Å². The maximum absolute atomic E-state index is 6.38. The summed E-state index contributed by atoms with van der Waals surface area (Å²) in [7, 11) is 0. The van der Waals surface area contributed by atoms with E-state index < -0.39 is 0 Å². The maximum Gasteiger partial charge on any atom is 0.186 e. The summed E-state index contributed by atoms with van der Waals surface area (Å²) < 4.78 is 6.38. The monoisotopic (exact) mass is 290 g/mol. The Morgan fingerprint density at radius 3 is 2.80 bits per heavy atom. The fourth-order valence-electron chi connectivity index (χ4n) is 3.27. The molecule has 4 heteroatoms. The highest BCUT2D eigenvalue weighted by Crippen LogP contribution is 2.47. The van der Waals surface area contributed by atoms with Crippen LogP contribution in [0.25, 0.3) is 0 Å². The van der Waals surface area contributed by atoms with Gasteiger partial charge in [-0.15, -0.1) is 0 Å². The third kappa shape index (κ3) is 1.89. The van der Waals surface area contributed by atoms with Crippen LogP contribution in [0.1, 0.15) is 39.3 Å². The average Bonchev–Trinajstić information content (AvgIpc) is 2.39. The molecule has 2 bridgehead atoms. The summed E-state index contributed by atoms with van der Waals surface area (Å²) in [4.78, 5) is 2.21. The van der Waals surface area contributed by atoms with E-state index in [9.17, 15) is 0 Å². The number of para-hydroxylation sites is 1. The second kappa shape index (κ2) is 4.62. The van der Waals surface area contributed by atoms with Crippen molar-refractivity contribution >= 4 is 17.3 Å². The number of rotatable bonds is 2. The van der Waals surface area contributed by atoms with Crippen LogP contribution in [-0.4, -0.2) is 22.3 Å². The highest BCUT2D eigenvalue weighted by Gasteiger charge is 2.52. The Balaban J connectivity index is 2.06. The molecule has 3 unspecified atom stereocenters. The molecule has 20 heavy (non-hydrogen) atoms. The lowest BCUT2D eigenvalue weighted by atomic mass is 9.80. The molecule has 1 N–H and O–H groups in total. The number of thiocarbonyl (C=S) groups is 1. The van der Waals surface area contributed by atoms with Gasteiger partial charge in [0.1, 0.15) is 5.75 Å². The van der Waals surface area contributed by atoms with Crippen LogP contribution in [0.4, 0.5) is 0 Å². The van der Waals surface area contributed by atoms with E-state index in [4.69, 9.17) is 17.0 Å². The lowest BCUT2D eigenvalue weighted by molar-refractivity contribution is -0.113. The zero-order valence-electron chi connectivity index (χ0n) is 12.5. The molecule has 0 radical (unpaired) electrons. The molecular formula is C16H22N2OS. The number of fused-ring (bicyclic) bond motifs is 4. The van der Waals surface area contributed by atoms with Crippen molar-refractivity contribution in [2.24, 2.45) is 11.8 Å². The lowest BCUT2D eigenvalue weighted by Crippen LogP contribution is -2.69. The molecular weight excluding hydrogens is 268 g/mol. The second-order valence-electron chi connectivity index (χ2n) is 6.41. The first-order valence-electron chi connectivity index (χ1n) is 7.29. The highest BCUT2D eigenvalue weighted by atomic mass is 32.1. The maximum atomic E-state index is 6.38. The van der Waals surface area contributed by atoms with E-state index >= 15 is 0 Å². The first-order valence-corrected chi connectivity index (χ1v) is 7.70. The van der Waals surface area contributed by atoms with Crippen molar-refractivity contribution in [2.75, 3.05) is 6.54 Å². The van der Waals surface area contributed by atoms with Gasteiger partial charge in [0.25, 0.3) is 0 Å². The third-order valence-electron chi connectivity index (χ3n) is 4.52. The number of ether oxygens (including phenoxy) is 1. The normalized spacial score (nSPS) is 31.6. The van der Waals surface area contributed by atoms with Gasteiger partial charge in [0.2, 0.25) is 0 Å². The zero-order valence-corrected chi connectivity index (χ0v) is 13.3. The molecule has 0 spiro atoms. The van der Waals surface area contributed by atoms with Gasteiger partial charge in [-0.1, -0.05) is 39.0 Å². The SMILES string of the molecule is CC(C)CN1C(=S)NC2c3ccccc3OC1(C)C2C. The Bertz CT molecular complexity index is 545. The molecule has 1 aromatic carbocycles. The fraction of sp³-hybridized carbons (Fsp3) is 0.562. The third-order valence-corrected chi connectivity index (χ3v) is 4.86. The Morgan fingerprint density at radius 1 is 1.40 bits per heavy atom.